The average molecular weight is 262 g/mol. The molecule has 0 radical (unpaired) electrons. The van der Waals surface area contributed by atoms with E-state index in [1.54, 1.807) is 0 Å². The molecule has 1 aromatic rings. The van der Waals surface area contributed by atoms with Gasteiger partial charge in [0.25, 0.3) is 0 Å². The molecule has 0 saturated heterocycles. The van der Waals surface area contributed by atoms with Crippen LogP contribution in [0.5, 0.6) is 0 Å². The Kier molecular flexibility index (Phi) is 4.27. The summed E-state index contributed by atoms with van der Waals surface area (Å²) in [7, 11) is 0. The molecule has 1 unspecified atom stereocenters. The fraction of sp³-hybridized carbons (Fsp3) is 0.733. The first-order valence-corrected chi connectivity index (χ1v) is 7.37. The smallest absolute Gasteiger partial charge is 0.132 e. The Bertz CT molecular complexity index is 428. The van der Waals surface area contributed by atoms with Crippen molar-refractivity contribution in [2.45, 2.75) is 59.4 Å². The Morgan fingerprint density at radius 1 is 1.26 bits per heavy atom. The van der Waals surface area contributed by atoms with Crippen LogP contribution in [0, 0.1) is 12.3 Å². The number of aryl methyl sites for hydroxylation is 1. The maximum absolute atomic E-state index is 4.51. The summed E-state index contributed by atoms with van der Waals surface area (Å²) in [5, 5.41) is 6.88. The fourth-order valence-corrected chi connectivity index (χ4v) is 2.85. The van der Waals surface area contributed by atoms with Gasteiger partial charge in [0.05, 0.1) is 0 Å². The lowest BCUT2D eigenvalue weighted by atomic mass is 9.73. The Morgan fingerprint density at radius 3 is 2.68 bits per heavy atom. The summed E-state index contributed by atoms with van der Waals surface area (Å²) < 4.78 is 0. The number of nitrogens with zero attached hydrogens (tertiary/aromatic N) is 2. The van der Waals surface area contributed by atoms with E-state index >= 15 is 0 Å². The highest BCUT2D eigenvalue weighted by atomic mass is 15.1. The topological polar surface area (TPSA) is 49.8 Å². The zero-order chi connectivity index (χ0) is 13.9. The van der Waals surface area contributed by atoms with Gasteiger partial charge in [-0.15, -0.1) is 0 Å². The molecule has 1 aromatic heterocycles. The minimum atomic E-state index is 0.343. The third kappa shape index (κ3) is 3.58. The number of rotatable bonds is 4. The first-order chi connectivity index (χ1) is 9.01. The fourth-order valence-electron chi connectivity index (χ4n) is 2.85. The lowest BCUT2D eigenvalue weighted by Gasteiger charge is -2.39. The molecule has 1 heterocycles. The molecule has 0 aliphatic heterocycles. The number of aromatic nitrogens is 2. The van der Waals surface area contributed by atoms with Crippen LogP contribution >= 0.6 is 0 Å². The Balaban J connectivity index is 2.13. The van der Waals surface area contributed by atoms with Gasteiger partial charge in [0.1, 0.15) is 17.5 Å². The van der Waals surface area contributed by atoms with Crippen molar-refractivity contribution in [3.05, 3.63) is 11.9 Å². The summed E-state index contributed by atoms with van der Waals surface area (Å²) in [6.07, 6.45) is 5.17. The van der Waals surface area contributed by atoms with Crippen LogP contribution in [0.1, 0.15) is 52.3 Å². The quantitative estimate of drug-likeness (QED) is 0.870. The minimum absolute atomic E-state index is 0.343. The van der Waals surface area contributed by atoms with Crippen LogP contribution in [-0.2, 0) is 0 Å². The van der Waals surface area contributed by atoms with E-state index in [0.29, 0.717) is 11.5 Å². The van der Waals surface area contributed by atoms with Crippen molar-refractivity contribution in [2.24, 2.45) is 5.41 Å². The molecule has 2 N–H and O–H groups in total. The molecule has 0 aromatic carbocycles. The van der Waals surface area contributed by atoms with E-state index in [0.717, 1.165) is 24.0 Å². The maximum Gasteiger partial charge on any atom is 0.132 e. The highest BCUT2D eigenvalue weighted by Gasteiger charge is 2.32. The van der Waals surface area contributed by atoms with E-state index in [2.05, 4.69) is 41.4 Å². The van der Waals surface area contributed by atoms with Crippen molar-refractivity contribution in [2.75, 3.05) is 17.2 Å². The van der Waals surface area contributed by atoms with Crippen molar-refractivity contribution in [1.29, 1.82) is 0 Å². The van der Waals surface area contributed by atoms with Crippen molar-refractivity contribution >= 4 is 11.6 Å². The highest BCUT2D eigenvalue weighted by molar-refractivity contribution is 5.48. The summed E-state index contributed by atoms with van der Waals surface area (Å²) in [6, 6.07) is 2.52. The van der Waals surface area contributed by atoms with Crippen molar-refractivity contribution in [3.63, 3.8) is 0 Å². The summed E-state index contributed by atoms with van der Waals surface area (Å²) in [5.41, 5.74) is 0.343. The van der Waals surface area contributed by atoms with E-state index in [4.69, 9.17) is 0 Å². The Labute approximate surface area is 116 Å². The molecule has 1 atom stereocenters. The number of anilines is 2. The lowest BCUT2D eigenvalue weighted by Crippen LogP contribution is -2.39. The van der Waals surface area contributed by atoms with Gasteiger partial charge in [-0.3, -0.25) is 0 Å². The monoisotopic (exact) mass is 262 g/mol. The molecule has 1 saturated carbocycles. The summed E-state index contributed by atoms with van der Waals surface area (Å²) in [5.74, 6) is 2.67. The first kappa shape index (κ1) is 14.1. The van der Waals surface area contributed by atoms with E-state index in [9.17, 15) is 0 Å². The largest absolute Gasteiger partial charge is 0.370 e. The van der Waals surface area contributed by atoms with Gasteiger partial charge >= 0.3 is 0 Å². The van der Waals surface area contributed by atoms with Crippen molar-refractivity contribution in [1.82, 2.24) is 9.97 Å². The van der Waals surface area contributed by atoms with Gasteiger partial charge in [0, 0.05) is 18.7 Å². The second kappa shape index (κ2) is 5.76. The zero-order valence-corrected chi connectivity index (χ0v) is 12.6. The SMILES string of the molecule is CCNc1cc(NC2CCCCC2(C)C)nc(C)n1. The zero-order valence-electron chi connectivity index (χ0n) is 12.6. The van der Waals surface area contributed by atoms with E-state index in [1.807, 2.05) is 13.0 Å². The third-order valence-corrected chi connectivity index (χ3v) is 4.03. The van der Waals surface area contributed by atoms with Crippen molar-refractivity contribution in [3.8, 4) is 0 Å². The van der Waals surface area contributed by atoms with Gasteiger partial charge in [-0.25, -0.2) is 9.97 Å². The molecular weight excluding hydrogens is 236 g/mol. The van der Waals surface area contributed by atoms with E-state index in [1.165, 1.54) is 25.7 Å². The molecule has 106 valence electrons. The molecule has 4 nitrogen and oxygen atoms in total. The van der Waals surface area contributed by atoms with Gasteiger partial charge in [-0.2, -0.15) is 0 Å². The highest BCUT2D eigenvalue weighted by Crippen LogP contribution is 2.37. The molecule has 1 aliphatic rings. The summed E-state index contributed by atoms with van der Waals surface area (Å²) >= 11 is 0. The standard InChI is InChI=1S/C15H26N4/c1-5-16-13-10-14(18-11(2)17-13)19-12-8-6-7-9-15(12,3)4/h10,12H,5-9H2,1-4H3,(H2,16,17,18,19). The number of nitrogens with one attached hydrogen (secondary N) is 2. The van der Waals surface area contributed by atoms with Crippen LogP contribution in [0.3, 0.4) is 0 Å². The lowest BCUT2D eigenvalue weighted by molar-refractivity contribution is 0.216. The Morgan fingerprint density at radius 2 is 2.00 bits per heavy atom. The molecule has 0 bridgehead atoms. The third-order valence-electron chi connectivity index (χ3n) is 4.03. The van der Waals surface area contributed by atoms with Gasteiger partial charge < -0.3 is 10.6 Å². The second-order valence-corrected chi connectivity index (χ2v) is 6.15. The molecule has 0 spiro atoms. The summed E-state index contributed by atoms with van der Waals surface area (Å²) in [6.45, 7) is 9.60. The van der Waals surface area contributed by atoms with Gasteiger partial charge in [0.2, 0.25) is 0 Å². The predicted molar refractivity (Wildman–Crippen MR) is 80.6 cm³/mol. The first-order valence-electron chi connectivity index (χ1n) is 7.37. The van der Waals surface area contributed by atoms with Crippen LogP contribution in [0.2, 0.25) is 0 Å². The average Bonchev–Trinajstić information content (AvgIpc) is 2.31. The number of hydrogen-bond donors (Lipinski definition) is 2. The van der Waals surface area contributed by atoms with Crippen molar-refractivity contribution < 1.29 is 0 Å². The predicted octanol–water partition coefficient (Wildman–Crippen LogP) is 3.60. The van der Waals surface area contributed by atoms with Crippen LogP contribution in [0.15, 0.2) is 6.07 Å². The van der Waals surface area contributed by atoms with Crippen LogP contribution in [-0.4, -0.2) is 22.6 Å². The van der Waals surface area contributed by atoms with E-state index in [-0.39, 0.29) is 0 Å². The molecule has 19 heavy (non-hydrogen) atoms. The van der Waals surface area contributed by atoms with Crippen LogP contribution in [0.4, 0.5) is 11.6 Å². The normalized spacial score (nSPS) is 22.0. The van der Waals surface area contributed by atoms with Crippen LogP contribution < -0.4 is 10.6 Å². The van der Waals surface area contributed by atoms with Gasteiger partial charge in [0.15, 0.2) is 0 Å². The molecule has 0 amide bonds. The second-order valence-electron chi connectivity index (χ2n) is 6.15. The van der Waals surface area contributed by atoms with Gasteiger partial charge in [-0.1, -0.05) is 26.7 Å². The maximum atomic E-state index is 4.51. The molecule has 4 heteroatoms. The minimum Gasteiger partial charge on any atom is -0.370 e. The number of hydrogen-bond acceptors (Lipinski definition) is 4. The molecule has 2 rings (SSSR count). The molecular formula is C15H26N4. The summed E-state index contributed by atoms with van der Waals surface area (Å²) in [4.78, 5) is 8.90. The van der Waals surface area contributed by atoms with E-state index < -0.39 is 0 Å². The van der Waals surface area contributed by atoms with Crippen LogP contribution in [0.25, 0.3) is 0 Å². The molecule has 1 aliphatic carbocycles. The molecule has 1 fully saturated rings. The van der Waals surface area contributed by atoms with Gasteiger partial charge in [-0.05, 0) is 32.1 Å². The Hall–Kier alpha value is -1.32.